The van der Waals surface area contributed by atoms with Gasteiger partial charge in [-0.2, -0.15) is 0 Å². The lowest BCUT2D eigenvalue weighted by atomic mass is 9.93. The minimum Gasteiger partial charge on any atom is -0.395 e. The third kappa shape index (κ3) is 4.76. The minimum absolute atomic E-state index is 0.00391. The van der Waals surface area contributed by atoms with E-state index in [0.717, 1.165) is 19.3 Å². The molecule has 0 saturated heterocycles. The first-order valence-electron chi connectivity index (χ1n) is 7.11. The summed E-state index contributed by atoms with van der Waals surface area (Å²) in [6.07, 6.45) is 3.55. The predicted octanol–water partition coefficient (Wildman–Crippen LogP) is 1.91. The summed E-state index contributed by atoms with van der Waals surface area (Å²) in [7, 11) is 0. The van der Waals surface area contributed by atoms with Gasteiger partial charge in [0, 0.05) is 30.1 Å². The van der Waals surface area contributed by atoms with Gasteiger partial charge in [0.15, 0.2) is 0 Å². The number of amides is 2. The molecule has 0 bridgehead atoms. The number of nitrogens with one attached hydrogen (secondary N) is 2. The van der Waals surface area contributed by atoms with Gasteiger partial charge in [-0.3, -0.25) is 0 Å². The van der Waals surface area contributed by atoms with Crippen molar-refractivity contribution in [3.05, 3.63) is 35.1 Å². The van der Waals surface area contributed by atoms with Gasteiger partial charge in [-0.05, 0) is 37.5 Å². The Morgan fingerprint density at radius 2 is 2.24 bits per heavy atom. The van der Waals surface area contributed by atoms with Gasteiger partial charge in [0.1, 0.15) is 5.82 Å². The van der Waals surface area contributed by atoms with Crippen molar-refractivity contribution in [3.63, 3.8) is 0 Å². The van der Waals surface area contributed by atoms with Crippen LogP contribution in [0, 0.1) is 17.7 Å². The molecule has 21 heavy (non-hydrogen) atoms. The van der Waals surface area contributed by atoms with Crippen molar-refractivity contribution in [2.75, 3.05) is 6.61 Å². The lowest BCUT2D eigenvalue weighted by Crippen LogP contribution is -2.44. The number of hydrogen-bond donors (Lipinski definition) is 3. The summed E-state index contributed by atoms with van der Waals surface area (Å²) in [4.78, 5) is 11.6. The maximum Gasteiger partial charge on any atom is 0.315 e. The van der Waals surface area contributed by atoms with Gasteiger partial charge in [-0.25, -0.2) is 9.18 Å². The molecule has 1 aromatic carbocycles. The third-order valence-corrected chi connectivity index (χ3v) is 3.40. The zero-order chi connectivity index (χ0) is 15.1. The van der Waals surface area contributed by atoms with E-state index in [2.05, 4.69) is 22.5 Å². The highest BCUT2D eigenvalue weighted by Gasteiger charge is 2.19. The topological polar surface area (TPSA) is 61.4 Å². The van der Waals surface area contributed by atoms with Crippen LogP contribution < -0.4 is 10.6 Å². The molecule has 4 nitrogen and oxygen atoms in total. The van der Waals surface area contributed by atoms with Gasteiger partial charge in [0.05, 0.1) is 6.61 Å². The van der Waals surface area contributed by atoms with Crippen LogP contribution in [-0.2, 0) is 6.54 Å². The molecule has 112 valence electrons. The Balaban J connectivity index is 1.90. The van der Waals surface area contributed by atoms with Gasteiger partial charge in [0.2, 0.25) is 0 Å². The van der Waals surface area contributed by atoms with E-state index >= 15 is 0 Å². The molecule has 1 aliphatic rings. The van der Waals surface area contributed by atoms with Crippen LogP contribution in [0.2, 0.25) is 0 Å². The van der Waals surface area contributed by atoms with Gasteiger partial charge in [-0.1, -0.05) is 11.8 Å². The van der Waals surface area contributed by atoms with Crippen LogP contribution in [0.1, 0.15) is 36.8 Å². The smallest absolute Gasteiger partial charge is 0.315 e. The van der Waals surface area contributed by atoms with E-state index in [1.807, 2.05) is 0 Å². The molecule has 0 radical (unpaired) electrons. The van der Waals surface area contributed by atoms with E-state index in [0.29, 0.717) is 17.5 Å². The average molecular weight is 290 g/mol. The van der Waals surface area contributed by atoms with E-state index < -0.39 is 0 Å². The highest BCUT2D eigenvalue weighted by Crippen LogP contribution is 2.17. The Morgan fingerprint density at radius 3 is 2.90 bits per heavy atom. The summed E-state index contributed by atoms with van der Waals surface area (Å²) in [5.41, 5.74) is 1.07. The molecule has 0 atom stereocenters. The van der Waals surface area contributed by atoms with Crippen molar-refractivity contribution < 1.29 is 14.3 Å². The largest absolute Gasteiger partial charge is 0.395 e. The van der Waals surface area contributed by atoms with Crippen LogP contribution in [0.15, 0.2) is 18.2 Å². The van der Waals surface area contributed by atoms with E-state index in [-0.39, 0.29) is 31.0 Å². The molecule has 1 aliphatic carbocycles. The molecule has 0 unspecified atom stereocenters. The summed E-state index contributed by atoms with van der Waals surface area (Å²) in [6.45, 7) is 0.129. The summed E-state index contributed by atoms with van der Waals surface area (Å²) in [5, 5.41) is 14.2. The number of carbonyl (C=O) groups excluding carboxylic acids is 1. The second-order valence-corrected chi connectivity index (χ2v) is 5.04. The molecular weight excluding hydrogens is 271 g/mol. The number of halogens is 1. The molecule has 5 heteroatoms. The van der Waals surface area contributed by atoms with Crippen LogP contribution in [0.3, 0.4) is 0 Å². The quantitative estimate of drug-likeness (QED) is 0.742. The Labute approximate surface area is 123 Å². The van der Waals surface area contributed by atoms with Gasteiger partial charge >= 0.3 is 6.03 Å². The molecule has 0 aliphatic heterocycles. The number of urea groups is 1. The Kier molecular flexibility index (Phi) is 5.59. The van der Waals surface area contributed by atoms with E-state index in [1.54, 1.807) is 12.1 Å². The molecule has 3 N–H and O–H groups in total. The van der Waals surface area contributed by atoms with Gasteiger partial charge in [0.25, 0.3) is 0 Å². The highest BCUT2D eigenvalue weighted by molar-refractivity contribution is 5.74. The molecule has 2 amide bonds. The SMILES string of the molecule is O=C(NCc1cc(C#CCCO)ccc1F)NC1CCC1. The number of aliphatic hydroxyl groups excluding tert-OH is 1. The first-order chi connectivity index (χ1) is 10.2. The number of carbonyl (C=O) groups is 1. The second-order valence-electron chi connectivity index (χ2n) is 5.04. The van der Waals surface area contributed by atoms with Gasteiger partial charge < -0.3 is 15.7 Å². The zero-order valence-corrected chi connectivity index (χ0v) is 11.8. The number of aliphatic hydroxyl groups is 1. The minimum atomic E-state index is -0.369. The summed E-state index contributed by atoms with van der Waals surface area (Å²) >= 11 is 0. The molecule has 1 fully saturated rings. The van der Waals surface area contributed by atoms with Crippen molar-refractivity contribution >= 4 is 6.03 Å². The van der Waals surface area contributed by atoms with Crippen LogP contribution >= 0.6 is 0 Å². The standard InChI is InChI=1S/C16H19FN2O2/c17-15-8-7-12(4-1-2-9-20)10-13(15)11-18-16(21)19-14-5-3-6-14/h7-8,10,14,20H,2-3,5-6,9,11H2,(H2,18,19,21). The fourth-order valence-electron chi connectivity index (χ4n) is 1.97. The molecule has 1 aromatic rings. The first-order valence-corrected chi connectivity index (χ1v) is 7.11. The molecule has 0 spiro atoms. The third-order valence-electron chi connectivity index (χ3n) is 3.40. The van der Waals surface area contributed by atoms with Crippen molar-refractivity contribution in [1.82, 2.24) is 10.6 Å². The fraction of sp³-hybridized carbons (Fsp3) is 0.438. The van der Waals surface area contributed by atoms with Crippen LogP contribution in [0.5, 0.6) is 0 Å². The van der Waals surface area contributed by atoms with Crippen molar-refractivity contribution in [2.24, 2.45) is 0 Å². The summed E-state index contributed by atoms with van der Waals surface area (Å²) in [5.74, 6) is 5.26. The number of benzene rings is 1. The summed E-state index contributed by atoms with van der Waals surface area (Å²) < 4.78 is 13.7. The average Bonchev–Trinajstić information content (AvgIpc) is 2.43. The number of hydrogen-bond acceptors (Lipinski definition) is 2. The highest BCUT2D eigenvalue weighted by atomic mass is 19.1. The van der Waals surface area contributed by atoms with Gasteiger partial charge in [-0.15, -0.1) is 0 Å². The molecular formula is C16H19FN2O2. The van der Waals surface area contributed by atoms with Crippen LogP contribution in [0.25, 0.3) is 0 Å². The van der Waals surface area contributed by atoms with Crippen molar-refractivity contribution in [3.8, 4) is 11.8 Å². The molecule has 0 heterocycles. The monoisotopic (exact) mass is 290 g/mol. The predicted molar refractivity (Wildman–Crippen MR) is 78.0 cm³/mol. The second kappa shape index (κ2) is 7.65. The van der Waals surface area contributed by atoms with E-state index in [1.165, 1.54) is 6.07 Å². The lowest BCUT2D eigenvalue weighted by Gasteiger charge is -2.26. The maximum absolute atomic E-state index is 13.7. The lowest BCUT2D eigenvalue weighted by molar-refractivity contribution is 0.228. The Morgan fingerprint density at radius 1 is 1.43 bits per heavy atom. The molecule has 1 saturated carbocycles. The van der Waals surface area contributed by atoms with E-state index in [4.69, 9.17) is 5.11 Å². The Hall–Kier alpha value is -2.06. The van der Waals surface area contributed by atoms with Crippen molar-refractivity contribution in [2.45, 2.75) is 38.3 Å². The van der Waals surface area contributed by atoms with E-state index in [9.17, 15) is 9.18 Å². The normalized spacial score (nSPS) is 13.8. The fourth-order valence-corrected chi connectivity index (χ4v) is 1.97. The summed E-state index contributed by atoms with van der Waals surface area (Å²) in [6, 6.07) is 4.52. The van der Waals surface area contributed by atoms with Crippen molar-refractivity contribution in [1.29, 1.82) is 0 Å². The maximum atomic E-state index is 13.7. The first kappa shape index (κ1) is 15.3. The van der Waals surface area contributed by atoms with Crippen LogP contribution in [-0.4, -0.2) is 23.8 Å². The zero-order valence-electron chi connectivity index (χ0n) is 11.8. The molecule has 2 rings (SSSR count). The molecule has 0 aromatic heterocycles. The Bertz CT molecular complexity index is 559. The van der Waals surface area contributed by atoms with Crippen LogP contribution in [0.4, 0.5) is 9.18 Å². The number of rotatable bonds is 4.